The van der Waals surface area contributed by atoms with Crippen molar-refractivity contribution >= 4 is 5.78 Å². The molecule has 0 bridgehead atoms. The SMILES string of the molecule is C=C(C)C(=O)CC1C(=C)CCCC1(C)C. The highest BCUT2D eigenvalue weighted by molar-refractivity contribution is 5.94. The van der Waals surface area contributed by atoms with Gasteiger partial charge >= 0.3 is 0 Å². The summed E-state index contributed by atoms with van der Waals surface area (Å²) in [6.45, 7) is 14.1. The molecule has 0 amide bonds. The normalized spacial score (nSPS) is 25.0. The van der Waals surface area contributed by atoms with Crippen LogP contribution in [0.25, 0.3) is 0 Å². The molecule has 0 heterocycles. The van der Waals surface area contributed by atoms with Crippen molar-refractivity contribution in [3.63, 3.8) is 0 Å². The molecule has 0 aliphatic heterocycles. The number of carbonyl (C=O) groups excluding carboxylic acids is 1. The summed E-state index contributed by atoms with van der Waals surface area (Å²) in [4.78, 5) is 11.7. The van der Waals surface area contributed by atoms with Gasteiger partial charge in [0.05, 0.1) is 0 Å². The van der Waals surface area contributed by atoms with Crippen molar-refractivity contribution in [1.82, 2.24) is 0 Å². The highest BCUT2D eigenvalue weighted by Crippen LogP contribution is 2.45. The molecule has 1 heteroatoms. The Morgan fingerprint density at radius 3 is 2.60 bits per heavy atom. The van der Waals surface area contributed by atoms with Crippen LogP contribution in [-0.2, 0) is 4.79 Å². The maximum atomic E-state index is 11.7. The maximum absolute atomic E-state index is 11.7. The van der Waals surface area contributed by atoms with E-state index in [0.717, 1.165) is 6.42 Å². The van der Waals surface area contributed by atoms with E-state index in [9.17, 15) is 4.79 Å². The Bertz CT molecular complexity index is 296. The molecule has 1 rings (SSSR count). The molecule has 0 saturated heterocycles. The summed E-state index contributed by atoms with van der Waals surface area (Å²) < 4.78 is 0. The molecular weight excluding hydrogens is 184 g/mol. The molecule has 1 atom stereocenters. The summed E-state index contributed by atoms with van der Waals surface area (Å²) in [7, 11) is 0. The van der Waals surface area contributed by atoms with Crippen molar-refractivity contribution in [2.45, 2.75) is 46.5 Å². The summed E-state index contributed by atoms with van der Waals surface area (Å²) >= 11 is 0. The predicted octanol–water partition coefficient (Wildman–Crippen LogP) is 3.90. The smallest absolute Gasteiger partial charge is 0.158 e. The second-order valence-electron chi connectivity index (χ2n) is 5.46. The molecule has 15 heavy (non-hydrogen) atoms. The minimum atomic E-state index is 0.191. The van der Waals surface area contributed by atoms with Crippen LogP contribution in [0.5, 0.6) is 0 Å². The van der Waals surface area contributed by atoms with E-state index in [1.807, 2.05) is 0 Å². The molecule has 1 aliphatic carbocycles. The second-order valence-corrected chi connectivity index (χ2v) is 5.46. The average Bonchev–Trinajstić information content (AvgIpc) is 2.10. The number of allylic oxidation sites excluding steroid dienone is 2. The van der Waals surface area contributed by atoms with Gasteiger partial charge in [-0.3, -0.25) is 4.79 Å². The summed E-state index contributed by atoms with van der Waals surface area (Å²) in [5, 5.41) is 0. The summed E-state index contributed by atoms with van der Waals surface area (Å²) in [5.74, 6) is 0.534. The standard InChI is InChI=1S/C14H22O/c1-10(2)13(15)9-12-11(3)7-6-8-14(12,4)5/h12H,1,3,6-9H2,2,4-5H3. The maximum Gasteiger partial charge on any atom is 0.158 e. The average molecular weight is 206 g/mol. The van der Waals surface area contributed by atoms with Crippen LogP contribution in [0.3, 0.4) is 0 Å². The largest absolute Gasteiger partial charge is 0.295 e. The van der Waals surface area contributed by atoms with Gasteiger partial charge in [-0.05, 0) is 43.1 Å². The van der Waals surface area contributed by atoms with E-state index < -0.39 is 0 Å². The fourth-order valence-corrected chi connectivity index (χ4v) is 2.45. The summed E-state index contributed by atoms with van der Waals surface area (Å²) in [6, 6.07) is 0. The zero-order valence-corrected chi connectivity index (χ0v) is 10.2. The predicted molar refractivity (Wildman–Crippen MR) is 64.7 cm³/mol. The lowest BCUT2D eigenvalue weighted by atomic mass is 9.65. The fraction of sp³-hybridized carbons (Fsp3) is 0.643. The molecule has 0 aromatic rings. The first kappa shape index (κ1) is 12.2. The van der Waals surface area contributed by atoms with Crippen LogP contribution < -0.4 is 0 Å². The van der Waals surface area contributed by atoms with Crippen LogP contribution >= 0.6 is 0 Å². The number of ketones is 1. The van der Waals surface area contributed by atoms with Crippen molar-refractivity contribution in [3.05, 3.63) is 24.3 Å². The van der Waals surface area contributed by atoms with E-state index in [0.29, 0.717) is 17.9 Å². The number of hydrogen-bond acceptors (Lipinski definition) is 1. The Morgan fingerprint density at radius 1 is 1.53 bits per heavy atom. The minimum Gasteiger partial charge on any atom is -0.295 e. The molecule has 0 aromatic heterocycles. The van der Waals surface area contributed by atoms with Crippen LogP contribution in [0, 0.1) is 11.3 Å². The van der Waals surface area contributed by atoms with Crippen molar-refractivity contribution in [1.29, 1.82) is 0 Å². The molecule has 1 fully saturated rings. The van der Waals surface area contributed by atoms with E-state index >= 15 is 0 Å². The van der Waals surface area contributed by atoms with Gasteiger partial charge in [-0.2, -0.15) is 0 Å². The van der Waals surface area contributed by atoms with Crippen molar-refractivity contribution in [3.8, 4) is 0 Å². The third kappa shape index (κ3) is 2.80. The van der Waals surface area contributed by atoms with Crippen LogP contribution in [0.2, 0.25) is 0 Å². The molecule has 1 aliphatic rings. The molecule has 0 spiro atoms. The Labute approximate surface area is 93.3 Å². The van der Waals surface area contributed by atoms with E-state index in [1.54, 1.807) is 6.92 Å². The summed E-state index contributed by atoms with van der Waals surface area (Å²) in [6.07, 6.45) is 4.09. The Kier molecular flexibility index (Phi) is 3.54. The Balaban J connectivity index is 2.76. The lowest BCUT2D eigenvalue weighted by molar-refractivity contribution is -0.117. The van der Waals surface area contributed by atoms with Crippen molar-refractivity contribution in [2.75, 3.05) is 0 Å². The number of Topliss-reactive ketones (excluding diaryl/α,β-unsaturated/α-hetero) is 1. The van der Waals surface area contributed by atoms with Gasteiger partial charge in [0, 0.05) is 6.42 Å². The van der Waals surface area contributed by atoms with E-state index in [1.165, 1.54) is 18.4 Å². The van der Waals surface area contributed by atoms with Crippen molar-refractivity contribution in [2.24, 2.45) is 11.3 Å². The zero-order chi connectivity index (χ0) is 11.6. The first-order valence-corrected chi connectivity index (χ1v) is 5.71. The van der Waals surface area contributed by atoms with Crippen LogP contribution in [0.15, 0.2) is 24.3 Å². The Morgan fingerprint density at radius 2 is 2.13 bits per heavy atom. The first-order valence-electron chi connectivity index (χ1n) is 5.71. The molecule has 1 saturated carbocycles. The third-order valence-electron chi connectivity index (χ3n) is 3.62. The van der Waals surface area contributed by atoms with Crippen molar-refractivity contribution < 1.29 is 4.79 Å². The van der Waals surface area contributed by atoms with Crippen LogP contribution in [0.4, 0.5) is 0 Å². The molecule has 0 N–H and O–H groups in total. The fourth-order valence-electron chi connectivity index (χ4n) is 2.45. The monoisotopic (exact) mass is 206 g/mol. The molecule has 0 radical (unpaired) electrons. The first-order chi connectivity index (χ1) is 6.84. The lowest BCUT2D eigenvalue weighted by Crippen LogP contribution is -2.31. The van der Waals surface area contributed by atoms with Gasteiger partial charge in [-0.25, -0.2) is 0 Å². The zero-order valence-electron chi connectivity index (χ0n) is 10.2. The highest BCUT2D eigenvalue weighted by atomic mass is 16.1. The summed E-state index contributed by atoms with van der Waals surface area (Å²) in [5.41, 5.74) is 2.14. The number of carbonyl (C=O) groups is 1. The molecule has 1 nitrogen and oxygen atoms in total. The van der Waals surface area contributed by atoms with Gasteiger partial charge in [0.15, 0.2) is 5.78 Å². The van der Waals surface area contributed by atoms with E-state index in [-0.39, 0.29) is 11.2 Å². The van der Waals surface area contributed by atoms with Crippen LogP contribution in [-0.4, -0.2) is 5.78 Å². The van der Waals surface area contributed by atoms with Gasteiger partial charge in [-0.1, -0.05) is 32.6 Å². The van der Waals surface area contributed by atoms with Gasteiger partial charge in [-0.15, -0.1) is 0 Å². The topological polar surface area (TPSA) is 17.1 Å². The molecular formula is C14H22O. The number of rotatable bonds is 3. The van der Waals surface area contributed by atoms with Gasteiger partial charge < -0.3 is 0 Å². The lowest BCUT2D eigenvalue weighted by Gasteiger charge is -2.40. The van der Waals surface area contributed by atoms with E-state index in [4.69, 9.17) is 0 Å². The van der Waals surface area contributed by atoms with Gasteiger partial charge in [0.2, 0.25) is 0 Å². The molecule has 84 valence electrons. The quantitative estimate of drug-likeness (QED) is 0.505. The molecule has 1 unspecified atom stereocenters. The third-order valence-corrected chi connectivity index (χ3v) is 3.62. The van der Waals surface area contributed by atoms with Gasteiger partial charge in [0.25, 0.3) is 0 Å². The van der Waals surface area contributed by atoms with E-state index in [2.05, 4.69) is 27.0 Å². The Hall–Kier alpha value is -0.850. The number of hydrogen-bond donors (Lipinski definition) is 0. The minimum absolute atomic E-state index is 0.191. The highest BCUT2D eigenvalue weighted by Gasteiger charge is 2.35. The van der Waals surface area contributed by atoms with Gasteiger partial charge in [0.1, 0.15) is 0 Å². The second kappa shape index (κ2) is 4.34. The molecule has 0 aromatic carbocycles. The van der Waals surface area contributed by atoms with Crippen LogP contribution in [0.1, 0.15) is 46.5 Å².